The Labute approximate surface area is 62.8 Å². The molecule has 2 nitrogen and oxygen atoms in total. The van der Waals surface area contributed by atoms with E-state index in [1.807, 2.05) is 0 Å². The first-order valence-electron chi connectivity index (χ1n) is 4.11. The molecule has 0 spiro atoms. The van der Waals surface area contributed by atoms with Gasteiger partial charge in [-0.15, -0.1) is 0 Å². The molecule has 0 aromatic carbocycles. The van der Waals surface area contributed by atoms with Gasteiger partial charge in [-0.25, -0.2) is 0 Å². The Balaban J connectivity index is 2.49. The van der Waals surface area contributed by atoms with Gasteiger partial charge < -0.3 is 10.0 Å². The summed E-state index contributed by atoms with van der Waals surface area (Å²) in [4.78, 5) is 1.46. The van der Waals surface area contributed by atoms with Crippen LogP contribution in [0, 0.1) is 5.92 Å². The maximum atomic E-state index is 9.50. The zero-order valence-corrected chi connectivity index (χ0v) is 7.09. The second-order valence-electron chi connectivity index (χ2n) is 3.75. The lowest BCUT2D eigenvalue weighted by molar-refractivity contribution is -0.917. The lowest BCUT2D eigenvalue weighted by Crippen LogP contribution is -3.15. The number of likely N-dealkylation sites (tertiary alicyclic amines) is 1. The maximum absolute atomic E-state index is 9.50. The molecule has 10 heavy (non-hydrogen) atoms. The molecule has 0 aromatic rings. The Bertz CT molecular complexity index is 104. The molecule has 1 fully saturated rings. The van der Waals surface area contributed by atoms with Crippen molar-refractivity contribution in [3.8, 4) is 0 Å². The van der Waals surface area contributed by atoms with Gasteiger partial charge in [0.05, 0.1) is 13.6 Å². The number of hydrogen-bond donors (Lipinski definition) is 2. The monoisotopic (exact) mass is 144 g/mol. The number of hydrogen-bond acceptors (Lipinski definition) is 1. The predicted octanol–water partition coefficient (Wildman–Crippen LogP) is -0.710. The van der Waals surface area contributed by atoms with E-state index in [1.54, 1.807) is 0 Å². The minimum absolute atomic E-state index is 0.0799. The topological polar surface area (TPSA) is 24.7 Å². The Morgan fingerprint density at radius 1 is 1.40 bits per heavy atom. The van der Waals surface area contributed by atoms with E-state index >= 15 is 0 Å². The molecule has 1 unspecified atom stereocenters. The normalized spacial score (nSPS) is 49.2. The highest BCUT2D eigenvalue weighted by Gasteiger charge is 2.30. The number of aliphatic hydroxyl groups is 1. The first kappa shape index (κ1) is 8.02. The number of likely N-dealkylation sites (N-methyl/N-ethyl adjacent to an activating group) is 1. The van der Waals surface area contributed by atoms with Crippen LogP contribution < -0.4 is 4.90 Å². The van der Waals surface area contributed by atoms with Gasteiger partial charge in [0.25, 0.3) is 0 Å². The molecule has 60 valence electrons. The molecular formula is C8H18NO+. The molecule has 2 heteroatoms. The summed E-state index contributed by atoms with van der Waals surface area (Å²) in [6.07, 6.45) is 0.905. The Kier molecular flexibility index (Phi) is 2.32. The van der Waals surface area contributed by atoms with Crippen molar-refractivity contribution in [2.24, 2.45) is 5.92 Å². The van der Waals surface area contributed by atoms with E-state index in [-0.39, 0.29) is 6.10 Å². The van der Waals surface area contributed by atoms with Gasteiger partial charge in [-0.1, -0.05) is 6.92 Å². The van der Waals surface area contributed by atoms with Gasteiger partial charge in [-0.05, 0) is 13.3 Å². The average molecular weight is 144 g/mol. The Morgan fingerprint density at radius 2 is 2.00 bits per heavy atom. The molecule has 0 bridgehead atoms. The number of rotatable bonds is 0. The van der Waals surface area contributed by atoms with Crippen LogP contribution in [0.15, 0.2) is 0 Å². The van der Waals surface area contributed by atoms with Gasteiger partial charge in [-0.2, -0.15) is 0 Å². The summed E-state index contributed by atoms with van der Waals surface area (Å²) in [6.45, 7) is 5.53. The van der Waals surface area contributed by atoms with Crippen LogP contribution in [0.3, 0.4) is 0 Å². The fourth-order valence-electron chi connectivity index (χ4n) is 1.76. The fraction of sp³-hybridized carbons (Fsp3) is 1.00. The van der Waals surface area contributed by atoms with Crippen LogP contribution >= 0.6 is 0 Å². The third kappa shape index (κ3) is 1.50. The van der Waals surface area contributed by atoms with E-state index in [2.05, 4.69) is 20.9 Å². The summed E-state index contributed by atoms with van der Waals surface area (Å²) in [6, 6.07) is 0.427. The lowest BCUT2D eigenvalue weighted by Gasteiger charge is -2.34. The Hall–Kier alpha value is -0.0800. The van der Waals surface area contributed by atoms with Gasteiger partial charge in [-0.3, -0.25) is 0 Å². The number of aliphatic hydroxyl groups excluding tert-OH is 1. The van der Waals surface area contributed by atoms with E-state index in [9.17, 15) is 5.11 Å². The van der Waals surface area contributed by atoms with E-state index in [4.69, 9.17) is 0 Å². The molecule has 0 aromatic heterocycles. The van der Waals surface area contributed by atoms with Crippen LogP contribution in [0.4, 0.5) is 0 Å². The van der Waals surface area contributed by atoms with Crippen LogP contribution in [0.5, 0.6) is 0 Å². The number of nitrogens with one attached hydrogen (secondary N) is 1. The minimum atomic E-state index is -0.0799. The molecule has 4 atom stereocenters. The van der Waals surface area contributed by atoms with Gasteiger partial charge >= 0.3 is 0 Å². The van der Waals surface area contributed by atoms with E-state index in [1.165, 1.54) is 11.4 Å². The fourth-order valence-corrected chi connectivity index (χ4v) is 1.76. The number of piperidine rings is 1. The lowest BCUT2D eigenvalue weighted by atomic mass is 9.93. The molecule has 0 amide bonds. The molecule has 1 rings (SSSR count). The largest absolute Gasteiger partial charge is 0.387 e. The summed E-state index contributed by atoms with van der Waals surface area (Å²) in [7, 11) is 2.16. The van der Waals surface area contributed by atoms with Gasteiger partial charge in [0.15, 0.2) is 0 Å². The smallest absolute Gasteiger partial charge is 0.111 e. The molecule has 2 N–H and O–H groups in total. The van der Waals surface area contributed by atoms with Crippen molar-refractivity contribution in [2.75, 3.05) is 13.6 Å². The summed E-state index contributed by atoms with van der Waals surface area (Å²) in [5, 5.41) is 9.50. The van der Waals surface area contributed by atoms with Crippen molar-refractivity contribution in [1.29, 1.82) is 0 Å². The van der Waals surface area contributed by atoms with Crippen molar-refractivity contribution in [1.82, 2.24) is 0 Å². The zero-order valence-electron chi connectivity index (χ0n) is 7.09. The second kappa shape index (κ2) is 2.89. The van der Waals surface area contributed by atoms with Crippen LogP contribution in [-0.4, -0.2) is 30.8 Å². The van der Waals surface area contributed by atoms with E-state index in [0.717, 1.165) is 6.42 Å². The van der Waals surface area contributed by atoms with E-state index < -0.39 is 0 Å². The average Bonchev–Trinajstić information content (AvgIpc) is 1.82. The quantitative estimate of drug-likeness (QED) is 0.461. The third-order valence-electron chi connectivity index (χ3n) is 2.67. The molecule has 1 heterocycles. The second-order valence-corrected chi connectivity index (χ2v) is 3.75. The molecule has 1 aliphatic rings. The molecule has 0 radical (unpaired) electrons. The molecular weight excluding hydrogens is 126 g/mol. The van der Waals surface area contributed by atoms with Crippen LogP contribution in [0.25, 0.3) is 0 Å². The highest BCUT2D eigenvalue weighted by molar-refractivity contribution is 4.70. The van der Waals surface area contributed by atoms with Gasteiger partial charge in [0.2, 0.25) is 0 Å². The van der Waals surface area contributed by atoms with Crippen LogP contribution in [0.1, 0.15) is 20.3 Å². The molecule has 1 saturated heterocycles. The summed E-state index contributed by atoms with van der Waals surface area (Å²) < 4.78 is 0. The van der Waals surface area contributed by atoms with Gasteiger partial charge in [0.1, 0.15) is 12.1 Å². The third-order valence-corrected chi connectivity index (χ3v) is 2.67. The first-order chi connectivity index (χ1) is 4.61. The first-order valence-corrected chi connectivity index (χ1v) is 4.11. The Morgan fingerprint density at radius 3 is 2.50 bits per heavy atom. The van der Waals surface area contributed by atoms with Crippen LogP contribution in [0.2, 0.25) is 0 Å². The maximum Gasteiger partial charge on any atom is 0.111 e. The summed E-state index contributed by atoms with van der Waals surface area (Å²) in [5.74, 6) is 0.686. The molecule has 0 aliphatic carbocycles. The zero-order chi connectivity index (χ0) is 7.72. The number of quaternary nitrogens is 1. The van der Waals surface area contributed by atoms with Crippen molar-refractivity contribution in [3.05, 3.63) is 0 Å². The van der Waals surface area contributed by atoms with Crippen molar-refractivity contribution < 1.29 is 10.0 Å². The standard InChI is InChI=1S/C8H17NO/c1-6-4-8(10)7(2)9(3)5-6/h6-8,10H,4-5H2,1-3H3/p+1/t6-,7-,8+/m0/s1. The molecule has 0 saturated carbocycles. The summed E-state index contributed by atoms with van der Waals surface area (Å²) >= 11 is 0. The minimum Gasteiger partial charge on any atom is -0.387 e. The van der Waals surface area contributed by atoms with Crippen LogP contribution in [-0.2, 0) is 0 Å². The van der Waals surface area contributed by atoms with Crippen molar-refractivity contribution >= 4 is 0 Å². The van der Waals surface area contributed by atoms with Crippen molar-refractivity contribution in [3.63, 3.8) is 0 Å². The summed E-state index contributed by atoms with van der Waals surface area (Å²) in [5.41, 5.74) is 0. The predicted molar refractivity (Wildman–Crippen MR) is 41.0 cm³/mol. The highest BCUT2D eigenvalue weighted by atomic mass is 16.3. The van der Waals surface area contributed by atoms with E-state index in [0.29, 0.717) is 12.0 Å². The molecule has 1 aliphatic heterocycles. The highest BCUT2D eigenvalue weighted by Crippen LogP contribution is 2.09. The van der Waals surface area contributed by atoms with Crippen molar-refractivity contribution in [2.45, 2.75) is 32.4 Å². The van der Waals surface area contributed by atoms with Gasteiger partial charge in [0, 0.05) is 5.92 Å². The SMILES string of the molecule is C[C@H]1C[C@@H](O)[C@H](C)[NH+](C)C1.